The van der Waals surface area contributed by atoms with Gasteiger partial charge in [0, 0.05) is 12.7 Å². The van der Waals surface area contributed by atoms with E-state index < -0.39 is 5.82 Å². The first-order valence-electron chi connectivity index (χ1n) is 6.24. The van der Waals surface area contributed by atoms with Gasteiger partial charge in [-0.15, -0.1) is 0 Å². The summed E-state index contributed by atoms with van der Waals surface area (Å²) in [6.07, 6.45) is 3.49. The summed E-state index contributed by atoms with van der Waals surface area (Å²) in [5, 5.41) is 18.7. The summed E-state index contributed by atoms with van der Waals surface area (Å²) in [5.74, 6) is -0.507. The molecule has 0 radical (unpaired) electrons. The van der Waals surface area contributed by atoms with Gasteiger partial charge in [-0.25, -0.2) is 4.39 Å². The lowest BCUT2D eigenvalue weighted by atomic mass is 9.91. The van der Waals surface area contributed by atoms with E-state index in [0.717, 1.165) is 25.7 Å². The zero-order valence-electron chi connectivity index (χ0n) is 10.4. The van der Waals surface area contributed by atoms with Crippen LogP contribution in [-0.2, 0) is 0 Å². The summed E-state index contributed by atoms with van der Waals surface area (Å²) in [5.41, 5.74) is 0.758. The van der Waals surface area contributed by atoms with Gasteiger partial charge < -0.3 is 10.0 Å². The third-order valence-corrected chi connectivity index (χ3v) is 3.67. The van der Waals surface area contributed by atoms with Crippen LogP contribution in [0, 0.1) is 17.1 Å². The Balaban J connectivity index is 2.20. The predicted molar refractivity (Wildman–Crippen MR) is 67.8 cm³/mol. The van der Waals surface area contributed by atoms with Crippen LogP contribution in [0.2, 0.25) is 0 Å². The summed E-state index contributed by atoms with van der Waals surface area (Å²) in [7, 11) is 1.86. The smallest absolute Gasteiger partial charge is 0.143 e. The Hall–Kier alpha value is -1.60. The van der Waals surface area contributed by atoms with Gasteiger partial charge in [0.05, 0.1) is 17.7 Å². The Morgan fingerprint density at radius 1 is 1.39 bits per heavy atom. The minimum atomic E-state index is -0.507. The van der Waals surface area contributed by atoms with Crippen molar-refractivity contribution < 1.29 is 9.50 Å². The standard InChI is InChI=1S/C14H17FN2O/c1-17(13-4-2-3-5-14(13)18)11-7-6-10(9-16)12(15)8-11/h6-8,13-14,18H,2-5H2,1H3. The molecule has 1 aliphatic carbocycles. The van der Waals surface area contributed by atoms with Crippen LogP contribution < -0.4 is 4.90 Å². The second-order valence-electron chi connectivity index (χ2n) is 4.81. The molecule has 1 fully saturated rings. The highest BCUT2D eigenvalue weighted by Crippen LogP contribution is 2.27. The third-order valence-electron chi connectivity index (χ3n) is 3.67. The van der Waals surface area contributed by atoms with Crippen molar-refractivity contribution in [2.45, 2.75) is 37.8 Å². The highest BCUT2D eigenvalue weighted by Gasteiger charge is 2.27. The molecule has 0 aliphatic heterocycles. The number of rotatable bonds is 2. The Labute approximate surface area is 106 Å². The van der Waals surface area contributed by atoms with Crippen LogP contribution in [0.1, 0.15) is 31.2 Å². The van der Waals surface area contributed by atoms with Crippen molar-refractivity contribution in [2.75, 3.05) is 11.9 Å². The zero-order chi connectivity index (χ0) is 13.1. The molecule has 1 N–H and O–H groups in total. The van der Waals surface area contributed by atoms with Gasteiger partial charge in [-0.1, -0.05) is 12.8 Å². The molecule has 0 bridgehead atoms. The van der Waals surface area contributed by atoms with Gasteiger partial charge in [-0.3, -0.25) is 0 Å². The van der Waals surface area contributed by atoms with Crippen LogP contribution in [0.15, 0.2) is 18.2 Å². The number of aliphatic hydroxyl groups excluding tert-OH is 1. The lowest BCUT2D eigenvalue weighted by Crippen LogP contribution is -2.43. The molecule has 4 heteroatoms. The normalized spacial score (nSPS) is 23.4. The predicted octanol–water partition coefficient (Wildman–Crippen LogP) is 2.44. The molecule has 18 heavy (non-hydrogen) atoms. The molecule has 2 unspecified atom stereocenters. The van der Waals surface area contributed by atoms with Crippen LogP contribution in [0.25, 0.3) is 0 Å². The first kappa shape index (κ1) is 12.8. The number of benzene rings is 1. The molecule has 3 nitrogen and oxygen atoms in total. The van der Waals surface area contributed by atoms with E-state index in [-0.39, 0.29) is 17.7 Å². The van der Waals surface area contributed by atoms with Gasteiger partial charge >= 0.3 is 0 Å². The van der Waals surface area contributed by atoms with E-state index in [1.54, 1.807) is 12.1 Å². The highest BCUT2D eigenvalue weighted by molar-refractivity contribution is 5.51. The van der Waals surface area contributed by atoms with E-state index in [2.05, 4.69) is 0 Å². The molecule has 2 atom stereocenters. The maximum Gasteiger partial charge on any atom is 0.143 e. The molecule has 0 spiro atoms. The number of anilines is 1. The van der Waals surface area contributed by atoms with Gasteiger partial charge in [0.2, 0.25) is 0 Å². The van der Waals surface area contributed by atoms with Crippen molar-refractivity contribution in [3.05, 3.63) is 29.6 Å². The van der Waals surface area contributed by atoms with Gasteiger partial charge in [-0.05, 0) is 31.0 Å². The lowest BCUT2D eigenvalue weighted by Gasteiger charge is -2.36. The van der Waals surface area contributed by atoms with Gasteiger partial charge in [0.15, 0.2) is 0 Å². The van der Waals surface area contributed by atoms with Crippen LogP contribution in [-0.4, -0.2) is 24.3 Å². The van der Waals surface area contributed by atoms with Crippen LogP contribution >= 0.6 is 0 Å². The number of hydrogen-bond donors (Lipinski definition) is 1. The maximum absolute atomic E-state index is 13.6. The second kappa shape index (κ2) is 5.36. The first-order valence-corrected chi connectivity index (χ1v) is 6.24. The second-order valence-corrected chi connectivity index (χ2v) is 4.81. The molecule has 2 rings (SSSR count). The monoisotopic (exact) mass is 248 g/mol. The van der Waals surface area contributed by atoms with E-state index in [9.17, 15) is 9.50 Å². The number of nitriles is 1. The molecular formula is C14H17FN2O. The SMILES string of the molecule is CN(c1ccc(C#N)c(F)c1)C1CCCCC1O. The molecule has 96 valence electrons. The number of hydrogen-bond acceptors (Lipinski definition) is 3. The Morgan fingerprint density at radius 3 is 2.72 bits per heavy atom. The lowest BCUT2D eigenvalue weighted by molar-refractivity contribution is 0.106. The minimum absolute atomic E-state index is 0.0334. The fourth-order valence-corrected chi connectivity index (χ4v) is 2.55. The quantitative estimate of drug-likeness (QED) is 0.874. The topological polar surface area (TPSA) is 47.3 Å². The molecule has 1 aromatic rings. The first-order chi connectivity index (χ1) is 8.63. The van der Waals surface area contributed by atoms with E-state index in [1.165, 1.54) is 12.1 Å². The Kier molecular flexibility index (Phi) is 3.83. The van der Waals surface area contributed by atoms with Crippen molar-refractivity contribution in [3.8, 4) is 6.07 Å². The molecule has 0 heterocycles. The van der Waals surface area contributed by atoms with E-state index in [4.69, 9.17) is 5.26 Å². The third kappa shape index (κ3) is 2.46. The van der Waals surface area contributed by atoms with Crippen LogP contribution in [0.3, 0.4) is 0 Å². The zero-order valence-corrected chi connectivity index (χ0v) is 10.4. The fraction of sp³-hybridized carbons (Fsp3) is 0.500. The van der Waals surface area contributed by atoms with Crippen LogP contribution in [0.4, 0.5) is 10.1 Å². The number of nitrogens with zero attached hydrogens (tertiary/aromatic N) is 2. The maximum atomic E-state index is 13.6. The number of halogens is 1. The van der Waals surface area contributed by atoms with Crippen molar-refractivity contribution in [3.63, 3.8) is 0 Å². The van der Waals surface area contributed by atoms with Gasteiger partial charge in [0.25, 0.3) is 0 Å². The highest BCUT2D eigenvalue weighted by atomic mass is 19.1. The molecule has 0 amide bonds. The fourth-order valence-electron chi connectivity index (χ4n) is 2.55. The summed E-state index contributed by atoms with van der Waals surface area (Å²) in [6, 6.07) is 6.41. The summed E-state index contributed by atoms with van der Waals surface area (Å²) in [6.45, 7) is 0. The van der Waals surface area contributed by atoms with Crippen molar-refractivity contribution in [1.82, 2.24) is 0 Å². The summed E-state index contributed by atoms with van der Waals surface area (Å²) in [4.78, 5) is 1.91. The molecule has 0 saturated heterocycles. The number of likely N-dealkylation sites (N-methyl/N-ethyl adjacent to an activating group) is 1. The molecule has 1 saturated carbocycles. The van der Waals surface area contributed by atoms with Gasteiger partial charge in [0.1, 0.15) is 11.9 Å². The van der Waals surface area contributed by atoms with Crippen LogP contribution in [0.5, 0.6) is 0 Å². The molecule has 0 aromatic heterocycles. The molecule has 1 aromatic carbocycles. The van der Waals surface area contributed by atoms with Crippen molar-refractivity contribution in [2.24, 2.45) is 0 Å². The molecule has 1 aliphatic rings. The molecular weight excluding hydrogens is 231 g/mol. The summed E-state index contributed by atoms with van der Waals surface area (Å²) < 4.78 is 13.6. The largest absolute Gasteiger partial charge is 0.391 e. The number of aliphatic hydroxyl groups is 1. The van der Waals surface area contributed by atoms with E-state index in [1.807, 2.05) is 11.9 Å². The van der Waals surface area contributed by atoms with E-state index in [0.29, 0.717) is 5.69 Å². The Bertz CT molecular complexity index is 469. The Morgan fingerprint density at radius 2 is 2.11 bits per heavy atom. The summed E-state index contributed by atoms with van der Waals surface area (Å²) >= 11 is 0. The average molecular weight is 248 g/mol. The van der Waals surface area contributed by atoms with Crippen molar-refractivity contribution in [1.29, 1.82) is 5.26 Å². The van der Waals surface area contributed by atoms with Gasteiger partial charge in [-0.2, -0.15) is 5.26 Å². The minimum Gasteiger partial charge on any atom is -0.391 e. The van der Waals surface area contributed by atoms with Crippen molar-refractivity contribution >= 4 is 5.69 Å². The van der Waals surface area contributed by atoms with E-state index >= 15 is 0 Å². The average Bonchev–Trinajstić information content (AvgIpc) is 2.38.